The molecule has 2 aromatic rings. The van der Waals surface area contributed by atoms with Gasteiger partial charge in [-0.1, -0.05) is 19.3 Å². The van der Waals surface area contributed by atoms with Crippen LogP contribution in [-0.4, -0.2) is 27.2 Å². The van der Waals surface area contributed by atoms with Gasteiger partial charge in [-0.2, -0.15) is 0 Å². The van der Waals surface area contributed by atoms with Gasteiger partial charge in [-0.05, 0) is 25.0 Å². The van der Waals surface area contributed by atoms with Crippen LogP contribution in [0.2, 0.25) is 0 Å². The number of fused-ring (bicyclic) bond motifs is 1. The Morgan fingerprint density at radius 2 is 2.15 bits per heavy atom. The summed E-state index contributed by atoms with van der Waals surface area (Å²) < 4.78 is 8.06. The van der Waals surface area contributed by atoms with Gasteiger partial charge in [0.05, 0.1) is 18.6 Å². The second kappa shape index (κ2) is 6.55. The zero-order valence-corrected chi connectivity index (χ0v) is 12.4. The van der Waals surface area contributed by atoms with Gasteiger partial charge < -0.3 is 9.30 Å². The van der Waals surface area contributed by atoms with Crippen LogP contribution in [0.25, 0.3) is 11.2 Å². The van der Waals surface area contributed by atoms with E-state index in [-0.39, 0.29) is 0 Å². The number of alkyl halides is 1. The fourth-order valence-corrected chi connectivity index (χ4v) is 3.09. The van der Waals surface area contributed by atoms with Crippen molar-refractivity contribution >= 4 is 22.8 Å². The standard InChI is InChI=1S/C15H20ClN3O/c16-11-14-18-13-7-4-8-17-15(13)19(14)9-10-20-12-5-2-1-3-6-12/h4,7-8,12H,1-3,5-6,9-11H2. The van der Waals surface area contributed by atoms with E-state index in [0.29, 0.717) is 18.6 Å². The van der Waals surface area contributed by atoms with Gasteiger partial charge in [0.1, 0.15) is 11.3 Å². The summed E-state index contributed by atoms with van der Waals surface area (Å²) in [5.74, 6) is 1.27. The van der Waals surface area contributed by atoms with Gasteiger partial charge in [-0.25, -0.2) is 9.97 Å². The predicted molar refractivity (Wildman–Crippen MR) is 79.9 cm³/mol. The van der Waals surface area contributed by atoms with Crippen molar-refractivity contribution in [2.24, 2.45) is 0 Å². The number of nitrogens with zero attached hydrogens (tertiary/aromatic N) is 3. The topological polar surface area (TPSA) is 39.9 Å². The van der Waals surface area contributed by atoms with Crippen molar-refractivity contribution in [1.82, 2.24) is 14.5 Å². The van der Waals surface area contributed by atoms with Gasteiger partial charge in [0.25, 0.3) is 0 Å². The zero-order valence-electron chi connectivity index (χ0n) is 11.6. The van der Waals surface area contributed by atoms with Crippen LogP contribution in [0.3, 0.4) is 0 Å². The smallest absolute Gasteiger partial charge is 0.160 e. The molecule has 5 heteroatoms. The number of hydrogen-bond acceptors (Lipinski definition) is 3. The van der Waals surface area contributed by atoms with E-state index >= 15 is 0 Å². The largest absolute Gasteiger partial charge is 0.376 e. The van der Waals surface area contributed by atoms with Crippen molar-refractivity contribution in [2.45, 2.75) is 50.6 Å². The lowest BCUT2D eigenvalue weighted by atomic mass is 9.98. The molecule has 0 bridgehead atoms. The second-order valence-corrected chi connectivity index (χ2v) is 5.56. The van der Waals surface area contributed by atoms with Gasteiger partial charge >= 0.3 is 0 Å². The van der Waals surface area contributed by atoms with Gasteiger partial charge in [0.15, 0.2) is 5.65 Å². The fourth-order valence-electron chi connectivity index (χ4n) is 2.88. The zero-order chi connectivity index (χ0) is 13.8. The van der Waals surface area contributed by atoms with E-state index in [1.54, 1.807) is 6.20 Å². The quantitative estimate of drug-likeness (QED) is 0.792. The summed E-state index contributed by atoms with van der Waals surface area (Å²) in [4.78, 5) is 8.91. The van der Waals surface area contributed by atoms with Crippen LogP contribution in [0.15, 0.2) is 18.3 Å². The first kappa shape index (κ1) is 13.8. The molecule has 1 fully saturated rings. The fraction of sp³-hybridized carbons (Fsp3) is 0.600. The minimum atomic E-state index is 0.403. The lowest BCUT2D eigenvalue weighted by molar-refractivity contribution is 0.0242. The molecule has 20 heavy (non-hydrogen) atoms. The Balaban J connectivity index is 1.66. The van der Waals surface area contributed by atoms with Crippen molar-refractivity contribution in [1.29, 1.82) is 0 Å². The van der Waals surface area contributed by atoms with E-state index in [2.05, 4.69) is 14.5 Å². The highest BCUT2D eigenvalue weighted by molar-refractivity contribution is 6.16. The number of hydrogen-bond donors (Lipinski definition) is 0. The van der Waals surface area contributed by atoms with Crippen LogP contribution in [-0.2, 0) is 17.2 Å². The monoisotopic (exact) mass is 293 g/mol. The summed E-state index contributed by atoms with van der Waals surface area (Å²) in [5.41, 5.74) is 1.80. The van der Waals surface area contributed by atoms with E-state index in [0.717, 1.165) is 23.5 Å². The van der Waals surface area contributed by atoms with Crippen LogP contribution in [0.4, 0.5) is 0 Å². The average Bonchev–Trinajstić information content (AvgIpc) is 2.87. The first-order valence-electron chi connectivity index (χ1n) is 7.36. The third-order valence-corrected chi connectivity index (χ3v) is 4.16. The number of pyridine rings is 1. The van der Waals surface area contributed by atoms with E-state index in [1.807, 2.05) is 12.1 Å². The average molecular weight is 294 g/mol. The van der Waals surface area contributed by atoms with E-state index in [9.17, 15) is 0 Å². The molecule has 2 heterocycles. The second-order valence-electron chi connectivity index (χ2n) is 5.29. The molecule has 1 aliphatic carbocycles. The van der Waals surface area contributed by atoms with Gasteiger partial charge in [-0.15, -0.1) is 11.6 Å². The van der Waals surface area contributed by atoms with Crippen LogP contribution in [0.1, 0.15) is 37.9 Å². The molecule has 4 nitrogen and oxygen atoms in total. The maximum atomic E-state index is 5.99. The van der Waals surface area contributed by atoms with Gasteiger partial charge in [0, 0.05) is 12.7 Å². The highest BCUT2D eigenvalue weighted by atomic mass is 35.5. The SMILES string of the molecule is ClCc1nc2cccnc2n1CCOC1CCCCC1. The summed E-state index contributed by atoms with van der Waals surface area (Å²) >= 11 is 5.98. The molecule has 1 aliphatic rings. The van der Waals surface area contributed by atoms with E-state index in [4.69, 9.17) is 16.3 Å². The molecule has 3 rings (SSSR count). The minimum Gasteiger partial charge on any atom is -0.376 e. The van der Waals surface area contributed by atoms with E-state index < -0.39 is 0 Å². The highest BCUT2D eigenvalue weighted by Crippen LogP contribution is 2.21. The minimum absolute atomic E-state index is 0.403. The predicted octanol–water partition coefficient (Wildman–Crippen LogP) is 3.52. The molecule has 0 aliphatic heterocycles. The van der Waals surface area contributed by atoms with Crippen LogP contribution < -0.4 is 0 Å². The molecular formula is C15H20ClN3O. The molecule has 0 atom stereocenters. The van der Waals surface area contributed by atoms with Crippen LogP contribution >= 0.6 is 11.6 Å². The maximum absolute atomic E-state index is 5.99. The molecule has 108 valence electrons. The van der Waals surface area contributed by atoms with Crippen molar-refractivity contribution < 1.29 is 4.74 Å². The lowest BCUT2D eigenvalue weighted by Crippen LogP contribution is -2.19. The Morgan fingerprint density at radius 1 is 1.30 bits per heavy atom. The van der Waals surface area contributed by atoms with Crippen molar-refractivity contribution in [3.05, 3.63) is 24.2 Å². The number of ether oxygens (including phenoxy) is 1. The normalized spacial score (nSPS) is 16.9. The maximum Gasteiger partial charge on any atom is 0.160 e. The van der Waals surface area contributed by atoms with Crippen molar-refractivity contribution in [2.75, 3.05) is 6.61 Å². The molecule has 0 saturated heterocycles. The third kappa shape index (κ3) is 2.96. The molecule has 0 N–H and O–H groups in total. The van der Waals surface area contributed by atoms with E-state index in [1.165, 1.54) is 32.1 Å². The van der Waals surface area contributed by atoms with Gasteiger partial charge in [-0.3, -0.25) is 0 Å². The number of aromatic nitrogens is 3. The highest BCUT2D eigenvalue weighted by Gasteiger charge is 2.15. The molecule has 0 radical (unpaired) electrons. The number of rotatable bonds is 5. The summed E-state index contributed by atoms with van der Waals surface area (Å²) in [6.45, 7) is 1.47. The molecule has 2 aromatic heterocycles. The van der Waals surface area contributed by atoms with Crippen molar-refractivity contribution in [3.63, 3.8) is 0 Å². The summed E-state index contributed by atoms with van der Waals surface area (Å²) in [6, 6.07) is 3.87. The molecule has 0 aromatic carbocycles. The Hall–Kier alpha value is -1.13. The first-order valence-corrected chi connectivity index (χ1v) is 7.89. The number of imidazole rings is 1. The summed E-state index contributed by atoms with van der Waals surface area (Å²) in [7, 11) is 0. The Labute approximate surface area is 124 Å². The number of halogens is 1. The first-order chi connectivity index (χ1) is 9.88. The molecule has 0 unspecified atom stereocenters. The Bertz CT molecular complexity index is 563. The Kier molecular flexibility index (Phi) is 4.53. The van der Waals surface area contributed by atoms with Crippen LogP contribution in [0.5, 0.6) is 0 Å². The molecule has 1 saturated carbocycles. The van der Waals surface area contributed by atoms with Crippen molar-refractivity contribution in [3.8, 4) is 0 Å². The van der Waals surface area contributed by atoms with Gasteiger partial charge in [0.2, 0.25) is 0 Å². The molecular weight excluding hydrogens is 274 g/mol. The summed E-state index contributed by atoms with van der Waals surface area (Å²) in [6.07, 6.45) is 8.58. The Morgan fingerprint density at radius 3 is 2.95 bits per heavy atom. The molecule has 0 spiro atoms. The third-order valence-electron chi connectivity index (χ3n) is 3.92. The summed E-state index contributed by atoms with van der Waals surface area (Å²) in [5, 5.41) is 0. The molecule has 0 amide bonds. The lowest BCUT2D eigenvalue weighted by Gasteiger charge is -2.22. The van der Waals surface area contributed by atoms with Crippen LogP contribution in [0, 0.1) is 0 Å².